The van der Waals surface area contributed by atoms with Crippen LogP contribution in [-0.4, -0.2) is 6.54 Å². The Bertz CT molecular complexity index is 1220. The van der Waals surface area contributed by atoms with Crippen LogP contribution >= 0.6 is 11.6 Å². The first kappa shape index (κ1) is 22.9. The maximum atomic E-state index is 6.14. The molecule has 3 aromatic rings. The molecule has 1 aliphatic heterocycles. The molecule has 0 saturated heterocycles. The monoisotopic (exact) mass is 461 g/mol. The van der Waals surface area contributed by atoms with Gasteiger partial charge in [-0.2, -0.15) is 4.57 Å². The van der Waals surface area contributed by atoms with Gasteiger partial charge in [0.1, 0.15) is 0 Å². The van der Waals surface area contributed by atoms with Gasteiger partial charge in [0.2, 0.25) is 11.5 Å². The van der Waals surface area contributed by atoms with Crippen molar-refractivity contribution in [3.05, 3.63) is 95.7 Å². The topological polar surface area (TPSA) is 29.5 Å². The Labute approximate surface area is 200 Å². The van der Waals surface area contributed by atoms with E-state index in [1.807, 2.05) is 72.9 Å². The Balaban J connectivity index is 1.41. The SMILES string of the molecule is CCCCC[n+]1c(/C=C/C=C/C=C/C=C2/Oc3ccc(Cl)cc3N2CC)oc2ccccc21. The number of rotatable bonds is 9. The highest BCUT2D eigenvalue weighted by molar-refractivity contribution is 6.31. The van der Waals surface area contributed by atoms with Gasteiger partial charge < -0.3 is 14.1 Å². The normalized spacial score (nSPS) is 15.0. The minimum atomic E-state index is 0.707. The molecule has 5 heteroatoms. The smallest absolute Gasteiger partial charge is 0.374 e. The van der Waals surface area contributed by atoms with Crippen molar-refractivity contribution in [2.75, 3.05) is 11.4 Å². The molecule has 1 aromatic heterocycles. The molecule has 0 saturated carbocycles. The van der Waals surface area contributed by atoms with E-state index < -0.39 is 0 Å². The van der Waals surface area contributed by atoms with Gasteiger partial charge in [-0.1, -0.05) is 67.5 Å². The first-order valence-corrected chi connectivity index (χ1v) is 12.0. The number of nitrogens with zero attached hydrogens (tertiary/aromatic N) is 2. The van der Waals surface area contributed by atoms with E-state index in [1.54, 1.807) is 0 Å². The van der Waals surface area contributed by atoms with Gasteiger partial charge in [0, 0.05) is 24.1 Å². The summed E-state index contributed by atoms with van der Waals surface area (Å²) in [6.45, 7) is 6.08. The number of benzene rings is 2. The predicted octanol–water partition coefficient (Wildman–Crippen LogP) is 7.45. The first-order chi connectivity index (χ1) is 16.2. The molecule has 1 aliphatic rings. The van der Waals surface area contributed by atoms with Gasteiger partial charge in [-0.25, -0.2) is 0 Å². The van der Waals surface area contributed by atoms with Crippen molar-refractivity contribution < 1.29 is 13.7 Å². The van der Waals surface area contributed by atoms with Crippen LogP contribution in [0.4, 0.5) is 5.69 Å². The Hall–Kier alpha value is -3.24. The average Bonchev–Trinajstić information content (AvgIpc) is 3.35. The van der Waals surface area contributed by atoms with E-state index in [4.69, 9.17) is 20.8 Å². The molecular weight excluding hydrogens is 432 g/mol. The molecule has 0 amide bonds. The highest BCUT2D eigenvalue weighted by atomic mass is 35.5. The van der Waals surface area contributed by atoms with Crippen LogP contribution in [0.1, 0.15) is 39.0 Å². The zero-order chi connectivity index (χ0) is 23.0. The van der Waals surface area contributed by atoms with Crippen molar-refractivity contribution in [3.8, 4) is 5.75 Å². The van der Waals surface area contributed by atoms with Gasteiger partial charge in [0.25, 0.3) is 5.52 Å². The third kappa shape index (κ3) is 5.40. The molecule has 0 fully saturated rings. The number of hydrogen-bond donors (Lipinski definition) is 0. The molecule has 170 valence electrons. The lowest BCUT2D eigenvalue weighted by Crippen LogP contribution is -2.35. The maximum Gasteiger partial charge on any atom is 0.374 e. The van der Waals surface area contributed by atoms with E-state index in [0.717, 1.165) is 53.8 Å². The summed E-state index contributed by atoms with van der Waals surface area (Å²) >= 11 is 6.14. The van der Waals surface area contributed by atoms with E-state index in [-0.39, 0.29) is 0 Å². The number of ether oxygens (including phenoxy) is 1. The zero-order valence-corrected chi connectivity index (χ0v) is 20.0. The minimum Gasteiger partial charge on any atom is -0.439 e. The van der Waals surface area contributed by atoms with Crippen LogP contribution in [-0.2, 0) is 6.54 Å². The fourth-order valence-corrected chi connectivity index (χ4v) is 4.09. The number of aromatic nitrogens is 1. The van der Waals surface area contributed by atoms with E-state index in [2.05, 4.69) is 35.4 Å². The molecule has 0 unspecified atom stereocenters. The number of halogens is 1. The molecule has 2 aromatic carbocycles. The molecule has 33 heavy (non-hydrogen) atoms. The van der Waals surface area contributed by atoms with Crippen LogP contribution in [0.5, 0.6) is 5.75 Å². The summed E-state index contributed by atoms with van der Waals surface area (Å²) in [5.74, 6) is 2.50. The van der Waals surface area contributed by atoms with Gasteiger partial charge >= 0.3 is 5.89 Å². The Morgan fingerprint density at radius 1 is 0.970 bits per heavy atom. The molecule has 0 bridgehead atoms. The summed E-state index contributed by atoms with van der Waals surface area (Å²) in [5.41, 5.74) is 3.06. The molecule has 0 spiro atoms. The third-order valence-electron chi connectivity index (χ3n) is 5.55. The lowest BCUT2D eigenvalue weighted by Gasteiger charge is -2.15. The molecule has 4 rings (SSSR count). The van der Waals surface area contributed by atoms with E-state index >= 15 is 0 Å². The summed E-state index contributed by atoms with van der Waals surface area (Å²) in [6, 6.07) is 13.9. The van der Waals surface area contributed by atoms with Crippen LogP contribution in [0, 0.1) is 0 Å². The van der Waals surface area contributed by atoms with Crippen LogP contribution in [0.3, 0.4) is 0 Å². The van der Waals surface area contributed by atoms with Crippen LogP contribution < -0.4 is 14.2 Å². The number of anilines is 1. The fraction of sp³-hybridized carbons (Fsp3) is 0.250. The number of para-hydroxylation sites is 2. The zero-order valence-electron chi connectivity index (χ0n) is 19.2. The minimum absolute atomic E-state index is 0.707. The molecule has 0 radical (unpaired) electrons. The Morgan fingerprint density at radius 3 is 2.64 bits per heavy atom. The third-order valence-corrected chi connectivity index (χ3v) is 5.79. The number of oxazole rings is 1. The Morgan fingerprint density at radius 2 is 1.79 bits per heavy atom. The van der Waals surface area contributed by atoms with Crippen molar-refractivity contribution in [2.24, 2.45) is 0 Å². The molecule has 0 aliphatic carbocycles. The molecule has 2 heterocycles. The summed E-state index contributed by atoms with van der Waals surface area (Å²) < 4.78 is 14.3. The van der Waals surface area contributed by atoms with E-state index in [0.29, 0.717) is 5.02 Å². The number of hydrogen-bond acceptors (Lipinski definition) is 3. The van der Waals surface area contributed by atoms with Gasteiger partial charge in [0.05, 0.1) is 11.8 Å². The second kappa shape index (κ2) is 11.1. The maximum absolute atomic E-state index is 6.14. The summed E-state index contributed by atoms with van der Waals surface area (Å²) in [5, 5.41) is 0.707. The summed E-state index contributed by atoms with van der Waals surface area (Å²) in [4.78, 5) is 2.11. The lowest BCUT2D eigenvalue weighted by molar-refractivity contribution is -0.678. The quantitative estimate of drug-likeness (QED) is 0.188. The molecule has 4 nitrogen and oxygen atoms in total. The summed E-state index contributed by atoms with van der Waals surface area (Å²) in [6.07, 6.45) is 17.5. The van der Waals surface area contributed by atoms with Crippen molar-refractivity contribution in [1.82, 2.24) is 0 Å². The van der Waals surface area contributed by atoms with Crippen molar-refractivity contribution in [3.63, 3.8) is 0 Å². The Kier molecular flexibility index (Phi) is 7.69. The van der Waals surface area contributed by atoms with Gasteiger partial charge in [0.15, 0.2) is 12.3 Å². The van der Waals surface area contributed by atoms with Crippen molar-refractivity contribution in [1.29, 1.82) is 0 Å². The second-order valence-corrected chi connectivity index (χ2v) is 8.30. The van der Waals surface area contributed by atoms with Crippen LogP contribution in [0.2, 0.25) is 5.02 Å². The van der Waals surface area contributed by atoms with Gasteiger partial charge in [-0.3, -0.25) is 0 Å². The van der Waals surface area contributed by atoms with Gasteiger partial charge in [-0.05, 0) is 43.7 Å². The molecular formula is C28H30ClN2O2+. The largest absolute Gasteiger partial charge is 0.439 e. The average molecular weight is 462 g/mol. The number of fused-ring (bicyclic) bond motifs is 2. The number of aryl methyl sites for hydroxylation is 1. The second-order valence-electron chi connectivity index (χ2n) is 7.86. The highest BCUT2D eigenvalue weighted by Crippen LogP contribution is 2.40. The standard InChI is InChI=1S/C28H30ClN2O2/c1-3-5-13-20-31-23-14-11-12-15-25(23)32-28(31)17-10-8-6-7-9-16-27-30(4-2)24-21-22(29)18-19-26(24)33-27/h6-12,14-19,21H,3-5,13,20H2,1-2H3/q+1. The van der Waals surface area contributed by atoms with Gasteiger partial charge in [-0.15, -0.1) is 0 Å². The lowest BCUT2D eigenvalue weighted by atomic mass is 10.2. The first-order valence-electron chi connectivity index (χ1n) is 11.6. The molecule has 0 atom stereocenters. The predicted molar refractivity (Wildman–Crippen MR) is 136 cm³/mol. The van der Waals surface area contributed by atoms with Crippen LogP contribution in [0.25, 0.3) is 17.2 Å². The fourth-order valence-electron chi connectivity index (χ4n) is 3.92. The number of allylic oxidation sites excluding steroid dienone is 6. The highest BCUT2D eigenvalue weighted by Gasteiger charge is 2.24. The molecule has 0 N–H and O–H groups in total. The van der Waals surface area contributed by atoms with Crippen molar-refractivity contribution in [2.45, 2.75) is 39.7 Å². The number of unbranched alkanes of at least 4 members (excludes halogenated alkanes) is 2. The van der Waals surface area contributed by atoms with Crippen LogP contribution in [0.15, 0.2) is 89.2 Å². The summed E-state index contributed by atoms with van der Waals surface area (Å²) in [7, 11) is 0. The van der Waals surface area contributed by atoms with E-state index in [1.165, 1.54) is 12.8 Å². The van der Waals surface area contributed by atoms with E-state index in [9.17, 15) is 0 Å². The van der Waals surface area contributed by atoms with Crippen molar-refractivity contribution >= 4 is 34.5 Å².